The first-order valence-corrected chi connectivity index (χ1v) is 7.97. The standard InChI is InChI=1S/C17H20N4O3/c1-24-11-13-9-15(22)20-16(19-13)12-5-4-8-21(10-12)17(23)14-6-2-3-7-18-14/h2-3,6-7,9,12H,4-5,8,10-11H2,1H3,(H,19,20,22)/t12-/m0/s1. The second-order valence-corrected chi connectivity index (χ2v) is 5.86. The first-order chi connectivity index (χ1) is 11.7. The molecule has 3 heterocycles. The van der Waals surface area contributed by atoms with Crippen LogP contribution < -0.4 is 5.56 Å². The van der Waals surface area contributed by atoms with Gasteiger partial charge in [0.05, 0.1) is 12.3 Å². The van der Waals surface area contributed by atoms with Crippen LogP contribution in [0, 0.1) is 0 Å². The lowest BCUT2D eigenvalue weighted by molar-refractivity contribution is 0.0698. The molecule has 0 aliphatic carbocycles. The number of aromatic amines is 1. The van der Waals surface area contributed by atoms with E-state index in [-0.39, 0.29) is 17.4 Å². The zero-order chi connectivity index (χ0) is 16.9. The third-order valence-electron chi connectivity index (χ3n) is 4.08. The first kappa shape index (κ1) is 16.3. The Morgan fingerprint density at radius 1 is 1.46 bits per heavy atom. The third kappa shape index (κ3) is 3.68. The summed E-state index contributed by atoms with van der Waals surface area (Å²) >= 11 is 0. The number of ether oxygens (including phenoxy) is 1. The van der Waals surface area contributed by atoms with Crippen LogP contribution in [0.5, 0.6) is 0 Å². The summed E-state index contributed by atoms with van der Waals surface area (Å²) in [6, 6.07) is 6.73. The van der Waals surface area contributed by atoms with E-state index < -0.39 is 0 Å². The van der Waals surface area contributed by atoms with E-state index in [0.717, 1.165) is 12.8 Å². The number of hydrogen-bond acceptors (Lipinski definition) is 5. The average molecular weight is 328 g/mol. The molecule has 2 aromatic heterocycles. The number of hydrogen-bond donors (Lipinski definition) is 1. The highest BCUT2D eigenvalue weighted by molar-refractivity contribution is 5.92. The Hall–Kier alpha value is -2.54. The Bertz CT molecular complexity index is 760. The molecule has 126 valence electrons. The largest absolute Gasteiger partial charge is 0.378 e. The van der Waals surface area contributed by atoms with Gasteiger partial charge >= 0.3 is 0 Å². The van der Waals surface area contributed by atoms with Crippen molar-refractivity contribution in [2.24, 2.45) is 0 Å². The van der Waals surface area contributed by atoms with Crippen LogP contribution in [0.25, 0.3) is 0 Å². The summed E-state index contributed by atoms with van der Waals surface area (Å²) in [5.41, 5.74) is 0.845. The molecule has 0 saturated carbocycles. The topological polar surface area (TPSA) is 88.2 Å². The number of piperidine rings is 1. The van der Waals surface area contributed by atoms with Gasteiger partial charge in [0, 0.05) is 38.4 Å². The van der Waals surface area contributed by atoms with Crippen molar-refractivity contribution in [1.82, 2.24) is 19.9 Å². The van der Waals surface area contributed by atoms with Crippen molar-refractivity contribution in [3.8, 4) is 0 Å². The predicted octanol–water partition coefficient (Wildman–Crippen LogP) is 1.33. The second-order valence-electron chi connectivity index (χ2n) is 5.86. The zero-order valence-corrected chi connectivity index (χ0v) is 13.6. The zero-order valence-electron chi connectivity index (χ0n) is 13.6. The Labute approximate surface area is 139 Å². The van der Waals surface area contributed by atoms with Gasteiger partial charge in [-0.25, -0.2) is 4.98 Å². The molecule has 7 heteroatoms. The number of nitrogens with zero attached hydrogens (tertiary/aromatic N) is 3. The Balaban J connectivity index is 1.78. The fourth-order valence-corrected chi connectivity index (χ4v) is 2.98. The van der Waals surface area contributed by atoms with Crippen LogP contribution in [0.2, 0.25) is 0 Å². The van der Waals surface area contributed by atoms with Gasteiger partial charge in [-0.15, -0.1) is 0 Å². The lowest BCUT2D eigenvalue weighted by Gasteiger charge is -2.32. The van der Waals surface area contributed by atoms with Crippen LogP contribution in [0.4, 0.5) is 0 Å². The Morgan fingerprint density at radius 3 is 3.08 bits per heavy atom. The maximum atomic E-state index is 12.6. The van der Waals surface area contributed by atoms with Gasteiger partial charge < -0.3 is 14.6 Å². The number of methoxy groups -OCH3 is 1. The highest BCUT2D eigenvalue weighted by atomic mass is 16.5. The number of nitrogens with one attached hydrogen (secondary N) is 1. The van der Waals surface area contributed by atoms with Gasteiger partial charge in [0.15, 0.2) is 0 Å². The van der Waals surface area contributed by atoms with E-state index in [4.69, 9.17) is 4.74 Å². The monoisotopic (exact) mass is 328 g/mol. The summed E-state index contributed by atoms with van der Waals surface area (Å²) < 4.78 is 5.05. The molecule has 1 fully saturated rings. The number of H-pyrrole nitrogens is 1. The van der Waals surface area contributed by atoms with Gasteiger partial charge in [-0.3, -0.25) is 14.6 Å². The molecule has 1 saturated heterocycles. The molecule has 2 aromatic rings. The van der Waals surface area contributed by atoms with Gasteiger partial charge in [-0.05, 0) is 25.0 Å². The summed E-state index contributed by atoms with van der Waals surface area (Å²) in [5.74, 6) is 0.541. The van der Waals surface area contributed by atoms with Crippen molar-refractivity contribution in [3.05, 3.63) is 58.0 Å². The molecule has 1 amide bonds. The van der Waals surface area contributed by atoms with Crippen molar-refractivity contribution >= 4 is 5.91 Å². The van der Waals surface area contributed by atoms with E-state index in [1.165, 1.54) is 6.07 Å². The molecule has 0 unspecified atom stereocenters. The summed E-state index contributed by atoms with van der Waals surface area (Å²) in [7, 11) is 1.57. The van der Waals surface area contributed by atoms with Gasteiger partial charge in [0.1, 0.15) is 11.5 Å². The Morgan fingerprint density at radius 2 is 2.33 bits per heavy atom. The number of pyridine rings is 1. The van der Waals surface area contributed by atoms with Crippen LogP contribution in [0.15, 0.2) is 35.3 Å². The van der Waals surface area contributed by atoms with Crippen molar-refractivity contribution < 1.29 is 9.53 Å². The van der Waals surface area contributed by atoms with E-state index in [1.807, 2.05) is 0 Å². The molecule has 1 aliphatic heterocycles. The molecular formula is C17H20N4O3. The van der Waals surface area contributed by atoms with E-state index in [9.17, 15) is 9.59 Å². The lowest BCUT2D eigenvalue weighted by atomic mass is 9.96. The molecule has 24 heavy (non-hydrogen) atoms. The molecule has 3 rings (SSSR count). The van der Waals surface area contributed by atoms with Crippen molar-refractivity contribution in [3.63, 3.8) is 0 Å². The molecule has 7 nitrogen and oxygen atoms in total. The van der Waals surface area contributed by atoms with Crippen molar-refractivity contribution in [2.45, 2.75) is 25.4 Å². The third-order valence-corrected chi connectivity index (χ3v) is 4.08. The molecule has 1 N–H and O–H groups in total. The molecule has 0 aromatic carbocycles. The second kappa shape index (κ2) is 7.35. The van der Waals surface area contributed by atoms with Crippen LogP contribution in [0.3, 0.4) is 0 Å². The van der Waals surface area contributed by atoms with Crippen LogP contribution in [-0.2, 0) is 11.3 Å². The number of amides is 1. The molecule has 1 atom stereocenters. The quantitative estimate of drug-likeness (QED) is 0.915. The average Bonchev–Trinajstić information content (AvgIpc) is 2.62. The summed E-state index contributed by atoms with van der Waals surface area (Å²) in [5, 5.41) is 0. The summed E-state index contributed by atoms with van der Waals surface area (Å²) in [4.78, 5) is 37.6. The molecule has 0 spiro atoms. The minimum absolute atomic E-state index is 0.0101. The minimum atomic E-state index is -0.194. The maximum absolute atomic E-state index is 12.6. The Kier molecular flexibility index (Phi) is 5.00. The first-order valence-electron chi connectivity index (χ1n) is 7.97. The molecule has 0 bridgehead atoms. The van der Waals surface area contributed by atoms with E-state index >= 15 is 0 Å². The van der Waals surface area contributed by atoms with Crippen LogP contribution >= 0.6 is 0 Å². The number of aromatic nitrogens is 3. The fourth-order valence-electron chi connectivity index (χ4n) is 2.98. The summed E-state index contributed by atoms with van der Waals surface area (Å²) in [6.07, 6.45) is 3.36. The van der Waals surface area contributed by atoms with Crippen LogP contribution in [0.1, 0.15) is 40.8 Å². The minimum Gasteiger partial charge on any atom is -0.378 e. The smallest absolute Gasteiger partial charge is 0.272 e. The fraction of sp³-hybridized carbons (Fsp3) is 0.412. The van der Waals surface area contributed by atoms with E-state index in [1.54, 1.807) is 36.4 Å². The molecule has 0 radical (unpaired) electrons. The van der Waals surface area contributed by atoms with Gasteiger partial charge in [-0.1, -0.05) is 6.07 Å². The van der Waals surface area contributed by atoms with Crippen molar-refractivity contribution in [1.29, 1.82) is 0 Å². The van der Waals surface area contributed by atoms with Gasteiger partial charge in [0.25, 0.3) is 11.5 Å². The molecule has 1 aliphatic rings. The van der Waals surface area contributed by atoms with Crippen molar-refractivity contribution in [2.75, 3.05) is 20.2 Å². The van der Waals surface area contributed by atoms with E-state index in [0.29, 0.717) is 36.9 Å². The van der Waals surface area contributed by atoms with E-state index in [2.05, 4.69) is 15.0 Å². The normalized spacial score (nSPS) is 17.7. The highest BCUT2D eigenvalue weighted by Crippen LogP contribution is 2.25. The SMILES string of the molecule is COCc1cc(=O)[nH]c([C@H]2CCCN(C(=O)c3ccccn3)C2)n1. The number of carbonyl (C=O) groups is 1. The highest BCUT2D eigenvalue weighted by Gasteiger charge is 2.27. The lowest BCUT2D eigenvalue weighted by Crippen LogP contribution is -2.40. The summed E-state index contributed by atoms with van der Waals surface area (Å²) in [6.45, 7) is 1.50. The van der Waals surface area contributed by atoms with Crippen LogP contribution in [-0.4, -0.2) is 46.0 Å². The number of rotatable bonds is 4. The predicted molar refractivity (Wildman–Crippen MR) is 87.7 cm³/mol. The number of carbonyl (C=O) groups excluding carboxylic acids is 1. The molecular weight excluding hydrogens is 308 g/mol. The van der Waals surface area contributed by atoms with Gasteiger partial charge in [0.2, 0.25) is 0 Å². The number of likely N-dealkylation sites (tertiary alicyclic amines) is 1. The van der Waals surface area contributed by atoms with Gasteiger partial charge in [-0.2, -0.15) is 0 Å². The maximum Gasteiger partial charge on any atom is 0.272 e.